The quantitative estimate of drug-likeness (QED) is 0.359. The summed E-state index contributed by atoms with van der Waals surface area (Å²) >= 11 is 0. The highest BCUT2D eigenvalue weighted by Crippen LogP contribution is 2.26. The highest BCUT2D eigenvalue weighted by Gasteiger charge is 2.43. The minimum Gasteiger partial charge on any atom is -0.361 e. The number of amides is 4. The Morgan fingerprint density at radius 3 is 2.63 bits per heavy atom. The van der Waals surface area contributed by atoms with Crippen molar-refractivity contribution < 1.29 is 23.7 Å². The Morgan fingerprint density at radius 1 is 1.14 bits per heavy atom. The van der Waals surface area contributed by atoms with Crippen molar-refractivity contribution in [3.05, 3.63) is 53.0 Å². The summed E-state index contributed by atoms with van der Waals surface area (Å²) in [5.74, 6) is -0.478. The zero-order chi connectivity index (χ0) is 30.8. The second-order valence-corrected chi connectivity index (χ2v) is 12.5. The average Bonchev–Trinajstić information content (AvgIpc) is 3.66. The lowest BCUT2D eigenvalue weighted by Crippen LogP contribution is -2.55. The Balaban J connectivity index is 1.46. The van der Waals surface area contributed by atoms with Crippen LogP contribution in [0.25, 0.3) is 10.9 Å². The summed E-state index contributed by atoms with van der Waals surface area (Å²) in [4.78, 5) is 59.4. The molecule has 11 heteroatoms. The number of para-hydroxylation sites is 1. The molecule has 5 rings (SSSR count). The molecule has 2 fully saturated rings. The van der Waals surface area contributed by atoms with Gasteiger partial charge in [0.15, 0.2) is 0 Å². The van der Waals surface area contributed by atoms with E-state index in [2.05, 4.69) is 39.9 Å². The number of carbonyl (C=O) groups is 4. The number of aryl methyl sites for hydroxylation is 2. The molecule has 0 radical (unpaired) electrons. The molecule has 4 amide bonds. The molecule has 0 bridgehead atoms. The number of hydrogen-bond acceptors (Lipinski definition) is 6. The van der Waals surface area contributed by atoms with Gasteiger partial charge in [0.25, 0.3) is 5.91 Å². The highest BCUT2D eigenvalue weighted by atomic mass is 16.5. The van der Waals surface area contributed by atoms with Gasteiger partial charge in [-0.05, 0) is 56.6 Å². The Labute approximate surface area is 251 Å². The van der Waals surface area contributed by atoms with Gasteiger partial charge in [0.1, 0.15) is 23.4 Å². The van der Waals surface area contributed by atoms with Gasteiger partial charge in [0, 0.05) is 48.6 Å². The average molecular weight is 591 g/mol. The normalized spacial score (nSPS) is 25.5. The van der Waals surface area contributed by atoms with E-state index in [0.717, 1.165) is 29.3 Å². The van der Waals surface area contributed by atoms with Crippen LogP contribution in [-0.2, 0) is 20.8 Å². The maximum absolute atomic E-state index is 14.3. The minimum atomic E-state index is -0.882. The third-order valence-electron chi connectivity index (χ3n) is 8.85. The summed E-state index contributed by atoms with van der Waals surface area (Å²) in [7, 11) is 0. The van der Waals surface area contributed by atoms with Crippen molar-refractivity contribution in [1.82, 2.24) is 31.0 Å². The maximum Gasteiger partial charge on any atom is 0.257 e. The van der Waals surface area contributed by atoms with Crippen LogP contribution in [0.1, 0.15) is 73.8 Å². The fraction of sp³-hybridized carbons (Fsp3) is 0.531. The number of nitrogens with zero attached hydrogens (tertiary/aromatic N) is 2. The molecular weight excluding hydrogens is 548 g/mol. The zero-order valence-electron chi connectivity index (χ0n) is 25.5. The van der Waals surface area contributed by atoms with Crippen LogP contribution >= 0.6 is 0 Å². The molecular formula is C32H42N6O5. The molecule has 230 valence electrons. The number of aromatic nitrogens is 2. The maximum atomic E-state index is 14.3. The van der Waals surface area contributed by atoms with Crippen LogP contribution in [0.5, 0.6) is 0 Å². The predicted molar refractivity (Wildman–Crippen MR) is 161 cm³/mol. The molecule has 0 spiro atoms. The monoisotopic (exact) mass is 590 g/mol. The standard InChI is InChI=1S/C32H42N6O5/c1-17(2)24-11-10-18(3)12-28(39)35-26(13-21-15-33-25-9-7-6-8-23(21)25)32(42)38-16-22(14-27(38)30(40)36-24)34-31(41)29-19(4)37-43-20(29)5/h6-9,15,17-18,22,24,26-27,33H,10-14,16H2,1-5H3,(H,34,41)(H,35,39)(H,36,40)/t18-,22-,24+,26-,27+/m1/s1. The van der Waals surface area contributed by atoms with E-state index < -0.39 is 18.1 Å². The van der Waals surface area contributed by atoms with Crippen LogP contribution in [0.3, 0.4) is 0 Å². The van der Waals surface area contributed by atoms with E-state index in [1.54, 1.807) is 13.8 Å². The van der Waals surface area contributed by atoms with Gasteiger partial charge in [0.2, 0.25) is 17.7 Å². The van der Waals surface area contributed by atoms with Gasteiger partial charge in [-0.3, -0.25) is 19.2 Å². The summed E-state index contributed by atoms with van der Waals surface area (Å²) in [5.41, 5.74) is 2.66. The molecule has 2 saturated heterocycles. The molecule has 2 aliphatic heterocycles. The molecule has 0 unspecified atom stereocenters. The van der Waals surface area contributed by atoms with E-state index in [1.807, 2.05) is 37.4 Å². The van der Waals surface area contributed by atoms with Gasteiger partial charge in [-0.2, -0.15) is 0 Å². The van der Waals surface area contributed by atoms with E-state index >= 15 is 0 Å². The molecule has 3 aromatic rings. The fourth-order valence-corrected chi connectivity index (χ4v) is 6.41. The summed E-state index contributed by atoms with van der Waals surface area (Å²) in [6.45, 7) is 9.64. The second-order valence-electron chi connectivity index (χ2n) is 12.5. The number of aromatic amines is 1. The van der Waals surface area contributed by atoms with Crippen LogP contribution in [0.2, 0.25) is 0 Å². The SMILES string of the molecule is Cc1noc(C)c1C(=O)N[C@@H]1C[C@H]2C(=O)N[C@H](C(C)C)CC[C@@H](C)CC(=O)N[C@H](Cc3c[nH]c4ccccc34)C(=O)N2C1. The predicted octanol–water partition coefficient (Wildman–Crippen LogP) is 3.16. The first-order valence-corrected chi connectivity index (χ1v) is 15.2. The topological polar surface area (TPSA) is 149 Å². The molecule has 5 atom stereocenters. The minimum absolute atomic E-state index is 0.0893. The van der Waals surface area contributed by atoms with Crippen LogP contribution in [0.15, 0.2) is 35.0 Å². The van der Waals surface area contributed by atoms with Crippen LogP contribution in [0.4, 0.5) is 0 Å². The fourth-order valence-electron chi connectivity index (χ4n) is 6.41. The van der Waals surface area contributed by atoms with E-state index in [-0.39, 0.29) is 67.3 Å². The van der Waals surface area contributed by atoms with Gasteiger partial charge in [-0.1, -0.05) is 44.1 Å². The number of carbonyl (C=O) groups excluding carboxylic acids is 4. The largest absolute Gasteiger partial charge is 0.361 e. The van der Waals surface area contributed by atoms with Gasteiger partial charge in [-0.25, -0.2) is 0 Å². The zero-order valence-corrected chi connectivity index (χ0v) is 25.5. The Morgan fingerprint density at radius 2 is 1.91 bits per heavy atom. The molecule has 2 aliphatic rings. The van der Waals surface area contributed by atoms with Crippen molar-refractivity contribution in [3.8, 4) is 0 Å². The molecule has 4 heterocycles. The van der Waals surface area contributed by atoms with E-state index in [0.29, 0.717) is 17.0 Å². The van der Waals surface area contributed by atoms with Crippen LogP contribution in [0, 0.1) is 25.7 Å². The molecule has 0 aliphatic carbocycles. The van der Waals surface area contributed by atoms with Crippen molar-refractivity contribution in [1.29, 1.82) is 0 Å². The molecule has 4 N–H and O–H groups in total. The summed E-state index contributed by atoms with van der Waals surface area (Å²) in [6, 6.07) is 5.55. The highest BCUT2D eigenvalue weighted by molar-refractivity contribution is 5.97. The van der Waals surface area contributed by atoms with Crippen molar-refractivity contribution in [2.75, 3.05) is 6.54 Å². The Bertz CT molecular complexity index is 1490. The lowest BCUT2D eigenvalue weighted by Gasteiger charge is -2.30. The first-order valence-electron chi connectivity index (χ1n) is 15.2. The lowest BCUT2D eigenvalue weighted by atomic mass is 9.92. The molecule has 0 saturated carbocycles. The van der Waals surface area contributed by atoms with Crippen molar-refractivity contribution in [2.45, 2.75) is 90.9 Å². The van der Waals surface area contributed by atoms with Gasteiger partial charge >= 0.3 is 0 Å². The summed E-state index contributed by atoms with van der Waals surface area (Å²) in [5, 5.41) is 14.1. The first-order chi connectivity index (χ1) is 20.5. The number of H-pyrrole nitrogens is 1. The van der Waals surface area contributed by atoms with Gasteiger partial charge in [0.05, 0.1) is 5.69 Å². The number of nitrogens with one attached hydrogen (secondary N) is 4. The first kappa shape index (κ1) is 30.3. The number of hydrogen-bond donors (Lipinski definition) is 4. The molecule has 43 heavy (non-hydrogen) atoms. The smallest absolute Gasteiger partial charge is 0.257 e. The molecule has 1 aromatic carbocycles. The number of rotatable bonds is 5. The molecule has 11 nitrogen and oxygen atoms in total. The summed E-state index contributed by atoms with van der Waals surface area (Å²) in [6.07, 6.45) is 4.16. The lowest BCUT2D eigenvalue weighted by molar-refractivity contribution is -0.141. The van der Waals surface area contributed by atoms with Crippen molar-refractivity contribution in [2.24, 2.45) is 11.8 Å². The Kier molecular flexibility index (Phi) is 8.89. The van der Waals surface area contributed by atoms with Crippen molar-refractivity contribution >= 4 is 34.5 Å². The second kappa shape index (κ2) is 12.6. The summed E-state index contributed by atoms with van der Waals surface area (Å²) < 4.78 is 5.17. The Hall–Kier alpha value is -4.15. The van der Waals surface area contributed by atoms with Gasteiger partial charge in [-0.15, -0.1) is 0 Å². The number of benzene rings is 1. The van der Waals surface area contributed by atoms with E-state index in [9.17, 15) is 19.2 Å². The van der Waals surface area contributed by atoms with Gasteiger partial charge < -0.3 is 30.4 Å². The van der Waals surface area contributed by atoms with E-state index in [1.165, 1.54) is 4.90 Å². The van der Waals surface area contributed by atoms with Crippen molar-refractivity contribution in [3.63, 3.8) is 0 Å². The third kappa shape index (κ3) is 6.60. The van der Waals surface area contributed by atoms with Crippen LogP contribution in [-0.4, -0.2) is 69.4 Å². The van der Waals surface area contributed by atoms with E-state index in [4.69, 9.17) is 4.52 Å². The third-order valence-corrected chi connectivity index (χ3v) is 8.85. The number of fused-ring (bicyclic) bond motifs is 2. The van der Waals surface area contributed by atoms with Crippen LogP contribution < -0.4 is 16.0 Å². The molecule has 2 aromatic heterocycles.